The predicted octanol–water partition coefficient (Wildman–Crippen LogP) is 6.68. The average molecular weight is 1340 g/mol. The molecule has 0 amide bonds. The Labute approximate surface area is 476 Å². The number of carboxylic acids is 2. The van der Waals surface area contributed by atoms with Crippen molar-refractivity contribution >= 4 is 161 Å². The molecule has 0 saturated heterocycles. The molecule has 13 N–H and O–H groups in total. The summed E-state index contributed by atoms with van der Waals surface area (Å²) in [7, 11) is -40.1. The molecule has 0 heterocycles. The van der Waals surface area contributed by atoms with E-state index in [4.69, 9.17) is 5.73 Å². The average Bonchev–Trinajstić information content (AvgIpc) is 0.781. The number of aromatic carboxylic acids is 2. The van der Waals surface area contributed by atoms with Gasteiger partial charge in [0.2, 0.25) is 0 Å². The Morgan fingerprint density at radius 3 is 1.40 bits per heavy atom. The van der Waals surface area contributed by atoms with Crippen LogP contribution in [0.15, 0.2) is 154 Å². The first kappa shape index (κ1) is 64.1. The Hall–Kier alpha value is -9.43. The van der Waals surface area contributed by atoms with E-state index in [1.54, 1.807) is 0 Å². The third-order valence-electron chi connectivity index (χ3n) is 11.1. The fourth-order valence-electron chi connectivity index (χ4n) is 7.51. The molecule has 0 spiro atoms. The summed E-state index contributed by atoms with van der Waals surface area (Å²) in [5, 5.41) is 76.7. The minimum Gasteiger partial charge on any atom is -0.505 e. The van der Waals surface area contributed by atoms with Crippen LogP contribution in [0.3, 0.4) is 0 Å². The van der Waals surface area contributed by atoms with E-state index < -0.39 is 223 Å². The van der Waals surface area contributed by atoms with Crippen molar-refractivity contribution in [3.05, 3.63) is 100 Å². The Morgan fingerprint density at radius 1 is 0.419 bits per heavy atom. The third-order valence-corrected chi connectivity index (χ3v) is 17.3. The summed E-state index contributed by atoms with van der Waals surface area (Å²) in [5.74, 6) is -6.29. The number of carboxylic acid groups (broad SMARTS) is 2. The lowest BCUT2D eigenvalue weighted by molar-refractivity contribution is -0.388. The van der Waals surface area contributed by atoms with Crippen molar-refractivity contribution in [3.63, 3.8) is 0 Å². The summed E-state index contributed by atoms with van der Waals surface area (Å²) >= 11 is 0. The maximum absolute atomic E-state index is 13.1. The normalized spacial score (nSPS) is 13.2. The third kappa shape index (κ3) is 13.1. The van der Waals surface area contributed by atoms with E-state index in [2.05, 4.69) is 40.9 Å². The highest BCUT2D eigenvalue weighted by Crippen LogP contribution is 2.50. The summed E-state index contributed by atoms with van der Waals surface area (Å²) in [6.07, 6.45) is 0. The highest BCUT2D eigenvalue weighted by molar-refractivity contribution is 7.87. The van der Waals surface area contributed by atoms with Gasteiger partial charge in [-0.25, -0.2) is 9.59 Å². The van der Waals surface area contributed by atoms with E-state index in [9.17, 15) is 131 Å². The molecular formula is C40H26N10O29S7. The zero-order valence-electron chi connectivity index (χ0n) is 40.7. The first-order chi connectivity index (χ1) is 39.3. The van der Waals surface area contributed by atoms with E-state index in [-0.39, 0.29) is 30.3 Å². The van der Waals surface area contributed by atoms with E-state index in [1.165, 1.54) is 0 Å². The lowest BCUT2D eigenvalue weighted by Crippen LogP contribution is -2.07. The molecule has 0 radical (unpaired) electrons. The number of rotatable bonds is 18. The van der Waals surface area contributed by atoms with E-state index in [1.807, 2.05) is 0 Å². The summed E-state index contributed by atoms with van der Waals surface area (Å²) in [4.78, 5) is 22.2. The van der Waals surface area contributed by atoms with Crippen molar-refractivity contribution in [1.29, 1.82) is 0 Å². The number of nitrogens with two attached hydrogens (primary N) is 1. The molecule has 7 aromatic carbocycles. The van der Waals surface area contributed by atoms with Gasteiger partial charge in [-0.1, -0.05) is 0 Å². The van der Waals surface area contributed by atoms with Crippen LogP contribution in [0.5, 0.6) is 11.5 Å². The molecule has 452 valence electrons. The summed E-state index contributed by atoms with van der Waals surface area (Å²) in [5.41, 5.74) is -6.32. The molecule has 0 aliphatic heterocycles. The van der Waals surface area contributed by atoms with E-state index in [0.717, 1.165) is 30.3 Å². The van der Waals surface area contributed by atoms with E-state index >= 15 is 0 Å². The second kappa shape index (κ2) is 22.2. The van der Waals surface area contributed by atoms with E-state index in [0.29, 0.717) is 18.2 Å². The number of aromatic hydroxyl groups is 2. The molecule has 0 aliphatic carbocycles. The lowest BCUT2D eigenvalue weighted by atomic mass is 10.0. The van der Waals surface area contributed by atoms with Crippen LogP contribution in [-0.4, -0.2) is 128 Å². The zero-order chi connectivity index (χ0) is 64.5. The molecule has 0 saturated carbocycles. The molecule has 0 bridgehead atoms. The molecular weight excluding hydrogens is 1310 g/mol. The van der Waals surface area contributed by atoms with Gasteiger partial charge in [-0.15, -0.1) is 35.8 Å². The van der Waals surface area contributed by atoms with Crippen LogP contribution in [-0.2, 0) is 70.8 Å². The second-order valence-corrected chi connectivity index (χ2v) is 26.2. The molecule has 0 aromatic heterocycles. The minimum atomic E-state index is -5.86. The number of anilines is 1. The van der Waals surface area contributed by atoms with Crippen LogP contribution in [0.4, 0.5) is 56.9 Å². The molecule has 0 atom stereocenters. The van der Waals surface area contributed by atoms with Crippen LogP contribution in [0.25, 0.3) is 21.5 Å². The molecule has 0 fully saturated rings. The fourth-order valence-corrected chi connectivity index (χ4v) is 12.2. The van der Waals surface area contributed by atoms with Crippen molar-refractivity contribution in [3.8, 4) is 11.5 Å². The Bertz CT molecular complexity index is 5210. The number of nitrogen functional groups attached to an aromatic ring is 1. The molecule has 0 aliphatic rings. The van der Waals surface area contributed by atoms with Gasteiger partial charge < -0.3 is 26.2 Å². The lowest BCUT2D eigenvalue weighted by Gasteiger charge is -2.15. The number of carbonyl (C=O) groups is 2. The molecule has 86 heavy (non-hydrogen) atoms. The molecule has 39 nitrogen and oxygen atoms in total. The van der Waals surface area contributed by atoms with Crippen LogP contribution >= 0.6 is 0 Å². The number of phenolic OH excluding ortho intramolecular Hbond substituents is 2. The molecule has 7 rings (SSSR count). The van der Waals surface area contributed by atoms with Crippen molar-refractivity contribution < 1.29 is 126 Å². The molecule has 7 aromatic rings. The fraction of sp³-hybridized carbons (Fsp3) is 0. The Balaban J connectivity index is 1.41. The minimum absolute atomic E-state index is 0.0971. The molecule has 46 heteroatoms. The van der Waals surface area contributed by atoms with Crippen LogP contribution < -0.4 is 5.73 Å². The van der Waals surface area contributed by atoms with Gasteiger partial charge in [0.05, 0.1) is 32.8 Å². The number of phenols is 2. The van der Waals surface area contributed by atoms with Crippen LogP contribution in [0.2, 0.25) is 0 Å². The topological polar surface area (TPSA) is 664 Å². The van der Waals surface area contributed by atoms with Gasteiger partial charge in [0, 0.05) is 22.2 Å². The number of fused-ring (bicyclic) bond motifs is 2. The SMILES string of the molecule is Nc1c(N=Nc2ccc3c(O)c(N=Nc4ccc(N=Nc5cc(C(=O)O)ccc5C(=O)O)cc4S(=O)(=O)O)c(S(=O)(=O)O)cc3c2S(=O)(=O)O)cc(S(=O)(=O)O)c2cc(S(=O)(=O)O)c(N=Nc3cc(S(=O)(=O)O)c([N+](=O)[O-])cc3S(=O)(=O)O)c(O)c12. The monoisotopic (exact) mass is 1330 g/mol. The first-order valence-corrected chi connectivity index (χ1v) is 31.4. The summed E-state index contributed by atoms with van der Waals surface area (Å²) in [6, 6.07) is 6.28. The summed E-state index contributed by atoms with van der Waals surface area (Å²) < 4.78 is 247. The van der Waals surface area contributed by atoms with Gasteiger partial charge in [-0.05, 0) is 72.8 Å². The number of nitrogens with zero attached hydrogens (tertiary/aromatic N) is 9. The molecule has 0 unspecified atom stereocenters. The number of benzene rings is 7. The van der Waals surface area contributed by atoms with Gasteiger partial charge in [-0.3, -0.25) is 42.0 Å². The van der Waals surface area contributed by atoms with Crippen molar-refractivity contribution in [2.45, 2.75) is 34.3 Å². The van der Waals surface area contributed by atoms with Crippen molar-refractivity contribution in [1.82, 2.24) is 0 Å². The number of hydrogen-bond donors (Lipinski definition) is 12. The first-order valence-electron chi connectivity index (χ1n) is 21.3. The van der Waals surface area contributed by atoms with Crippen LogP contribution in [0, 0.1) is 10.1 Å². The van der Waals surface area contributed by atoms with Gasteiger partial charge in [0.1, 0.15) is 69.2 Å². The maximum atomic E-state index is 13.1. The largest absolute Gasteiger partial charge is 0.505 e. The van der Waals surface area contributed by atoms with Gasteiger partial charge in [0.15, 0.2) is 16.4 Å². The quantitative estimate of drug-likeness (QED) is 0.0140. The van der Waals surface area contributed by atoms with Gasteiger partial charge >= 0.3 is 22.1 Å². The Morgan fingerprint density at radius 2 is 0.884 bits per heavy atom. The van der Waals surface area contributed by atoms with Gasteiger partial charge in [-0.2, -0.15) is 64.0 Å². The number of hydrogen-bond acceptors (Lipinski definition) is 29. The number of nitro groups is 1. The smallest absolute Gasteiger partial charge is 0.337 e. The summed E-state index contributed by atoms with van der Waals surface area (Å²) in [6.45, 7) is 0. The second-order valence-electron chi connectivity index (χ2n) is 16.5. The standard InChI is InChI=1S/C40H26N10O29S7/c41-33-24(12-26(80(59,60)61)19-10-31(85(74,75)76)35(37(52)32(19)33)49-46-23-11-29(83(68,69)70)25(50(57)58)13-28(23)82(65,66)67)47-44-21-6-4-16-18(38(21)86(77,78)79)9-30(84(71,72)73)34(36(16)51)48-43-20-5-2-15(8-27(20)81(62,63)64)42-45-22-7-14(39(53)54)1-3-17(22)40(55)56/h1-13,51-52H,41H2,(H,53,54)(H,55,56)(H,59,60,61)(H,62,63,64)(H,65,66,67)(H,68,69,70)(H,71,72,73)(H,74,75,76)(H,77,78,79). The number of nitro benzene ring substituents is 1. The zero-order valence-corrected chi connectivity index (χ0v) is 46.4. The highest BCUT2D eigenvalue weighted by atomic mass is 32.2. The van der Waals surface area contributed by atoms with Crippen LogP contribution in [0.1, 0.15) is 20.7 Å². The predicted molar refractivity (Wildman–Crippen MR) is 281 cm³/mol. The number of azo groups is 4. The highest BCUT2D eigenvalue weighted by Gasteiger charge is 2.34. The maximum Gasteiger partial charge on any atom is 0.337 e. The van der Waals surface area contributed by atoms with Crippen molar-refractivity contribution in [2.75, 3.05) is 5.73 Å². The van der Waals surface area contributed by atoms with Gasteiger partial charge in [0.25, 0.3) is 66.4 Å². The van der Waals surface area contributed by atoms with Crippen molar-refractivity contribution in [2.24, 2.45) is 40.9 Å². The Kier molecular flexibility index (Phi) is 16.6.